The number of piperidine rings is 1. The molecule has 0 radical (unpaired) electrons. The van der Waals surface area contributed by atoms with E-state index in [0.717, 1.165) is 36.8 Å². The summed E-state index contributed by atoms with van der Waals surface area (Å²) in [6.07, 6.45) is 7.57. The molecule has 2 atom stereocenters. The maximum Gasteiger partial charge on any atom is 0.230 e. The summed E-state index contributed by atoms with van der Waals surface area (Å²) in [4.78, 5) is 23.8. The SMILES string of the molecule is O=C(Cc1ccccc1Cl)N1C2CCC1CC(c1nc(-c3ccncc3)no1)C2. The fourth-order valence-electron chi connectivity index (χ4n) is 4.70. The Balaban J connectivity index is 1.30. The van der Waals surface area contributed by atoms with Crippen molar-refractivity contribution in [2.45, 2.75) is 50.1 Å². The zero-order valence-electron chi connectivity index (χ0n) is 15.9. The maximum atomic E-state index is 13.0. The van der Waals surface area contributed by atoms with Gasteiger partial charge in [0.05, 0.1) is 6.42 Å². The molecule has 7 heteroatoms. The largest absolute Gasteiger partial charge is 0.339 e. The van der Waals surface area contributed by atoms with Crippen LogP contribution in [0.25, 0.3) is 11.4 Å². The summed E-state index contributed by atoms with van der Waals surface area (Å²) in [7, 11) is 0. The topological polar surface area (TPSA) is 72.1 Å². The maximum absolute atomic E-state index is 13.0. The zero-order chi connectivity index (χ0) is 19.8. The van der Waals surface area contributed by atoms with Crippen LogP contribution in [0.5, 0.6) is 0 Å². The van der Waals surface area contributed by atoms with E-state index in [2.05, 4.69) is 20.0 Å². The molecule has 2 fully saturated rings. The molecule has 0 aliphatic carbocycles. The van der Waals surface area contributed by atoms with E-state index in [0.29, 0.717) is 23.2 Å². The molecule has 6 nitrogen and oxygen atoms in total. The molecule has 3 aromatic rings. The first-order valence-electron chi connectivity index (χ1n) is 9.97. The predicted molar refractivity (Wildman–Crippen MR) is 108 cm³/mol. The minimum Gasteiger partial charge on any atom is -0.339 e. The lowest BCUT2D eigenvalue weighted by Gasteiger charge is -2.38. The average Bonchev–Trinajstić information content (AvgIpc) is 3.33. The molecular weight excluding hydrogens is 388 g/mol. The molecule has 1 aromatic carbocycles. The van der Waals surface area contributed by atoms with Crippen molar-refractivity contribution >= 4 is 17.5 Å². The second-order valence-electron chi connectivity index (χ2n) is 7.81. The third-order valence-electron chi connectivity index (χ3n) is 6.05. The van der Waals surface area contributed by atoms with Gasteiger partial charge in [-0.05, 0) is 49.4 Å². The Morgan fingerprint density at radius 3 is 2.55 bits per heavy atom. The average molecular weight is 409 g/mol. The van der Waals surface area contributed by atoms with Crippen molar-refractivity contribution < 1.29 is 9.32 Å². The van der Waals surface area contributed by atoms with Gasteiger partial charge in [-0.25, -0.2) is 0 Å². The summed E-state index contributed by atoms with van der Waals surface area (Å²) >= 11 is 6.25. The van der Waals surface area contributed by atoms with Crippen LogP contribution in [0.1, 0.15) is 43.1 Å². The fraction of sp³-hybridized carbons (Fsp3) is 0.364. The highest BCUT2D eigenvalue weighted by Crippen LogP contribution is 2.43. The van der Waals surface area contributed by atoms with Crippen LogP contribution in [0.2, 0.25) is 5.02 Å². The van der Waals surface area contributed by atoms with Gasteiger partial charge in [-0.2, -0.15) is 4.98 Å². The molecule has 0 N–H and O–H groups in total. The van der Waals surface area contributed by atoms with E-state index in [1.807, 2.05) is 36.4 Å². The van der Waals surface area contributed by atoms with Gasteiger partial charge in [-0.15, -0.1) is 0 Å². The third kappa shape index (κ3) is 3.53. The van der Waals surface area contributed by atoms with Crippen molar-refractivity contribution in [2.24, 2.45) is 0 Å². The molecule has 2 saturated heterocycles. The number of hydrogen-bond acceptors (Lipinski definition) is 5. The van der Waals surface area contributed by atoms with Gasteiger partial charge in [0, 0.05) is 41.0 Å². The second kappa shape index (κ2) is 7.59. The molecule has 0 spiro atoms. The highest BCUT2D eigenvalue weighted by atomic mass is 35.5. The Labute approximate surface area is 173 Å². The predicted octanol–water partition coefficient (Wildman–Crippen LogP) is 4.26. The molecule has 2 unspecified atom stereocenters. The van der Waals surface area contributed by atoms with Crippen molar-refractivity contribution in [2.75, 3.05) is 0 Å². The summed E-state index contributed by atoms with van der Waals surface area (Å²) < 4.78 is 5.59. The van der Waals surface area contributed by atoms with E-state index in [4.69, 9.17) is 16.1 Å². The van der Waals surface area contributed by atoms with E-state index < -0.39 is 0 Å². The first kappa shape index (κ1) is 18.3. The number of rotatable bonds is 4. The number of halogens is 1. The van der Waals surface area contributed by atoms with E-state index >= 15 is 0 Å². The van der Waals surface area contributed by atoms with Gasteiger partial charge in [0.25, 0.3) is 0 Å². The molecule has 2 bridgehead atoms. The molecule has 4 heterocycles. The number of carbonyl (C=O) groups is 1. The summed E-state index contributed by atoms with van der Waals surface area (Å²) in [6.45, 7) is 0. The highest BCUT2D eigenvalue weighted by Gasteiger charge is 2.44. The van der Waals surface area contributed by atoms with Gasteiger partial charge >= 0.3 is 0 Å². The first-order chi connectivity index (χ1) is 14.2. The summed E-state index contributed by atoms with van der Waals surface area (Å²) in [6, 6.07) is 11.8. The van der Waals surface area contributed by atoms with Crippen LogP contribution in [0.4, 0.5) is 0 Å². The molecule has 2 aliphatic rings. The molecule has 5 rings (SSSR count). The molecule has 1 amide bonds. The van der Waals surface area contributed by atoms with Crippen LogP contribution in [-0.2, 0) is 11.2 Å². The van der Waals surface area contributed by atoms with Gasteiger partial charge < -0.3 is 9.42 Å². The normalized spacial score (nSPS) is 23.3. The fourth-order valence-corrected chi connectivity index (χ4v) is 4.90. The molecule has 148 valence electrons. The zero-order valence-corrected chi connectivity index (χ0v) is 16.6. The summed E-state index contributed by atoms with van der Waals surface area (Å²) in [5.41, 5.74) is 1.78. The van der Waals surface area contributed by atoms with Crippen LogP contribution in [0.15, 0.2) is 53.3 Å². The lowest BCUT2D eigenvalue weighted by Crippen LogP contribution is -2.46. The first-order valence-corrected chi connectivity index (χ1v) is 10.4. The number of fused-ring (bicyclic) bond motifs is 2. The highest BCUT2D eigenvalue weighted by molar-refractivity contribution is 6.31. The quantitative estimate of drug-likeness (QED) is 0.644. The number of pyridine rings is 1. The standard InChI is InChI=1S/C22H21ClN4O2/c23-19-4-2-1-3-15(19)13-20(28)27-17-5-6-18(27)12-16(11-17)22-25-21(26-29-22)14-7-9-24-10-8-14/h1-4,7-10,16-18H,5-6,11-13H2. The number of amides is 1. The van der Waals surface area contributed by atoms with Crippen molar-refractivity contribution in [3.8, 4) is 11.4 Å². The lowest BCUT2D eigenvalue weighted by molar-refractivity contribution is -0.135. The monoisotopic (exact) mass is 408 g/mol. The molecular formula is C22H21ClN4O2. The van der Waals surface area contributed by atoms with Crippen LogP contribution in [0.3, 0.4) is 0 Å². The van der Waals surface area contributed by atoms with Crippen LogP contribution < -0.4 is 0 Å². The van der Waals surface area contributed by atoms with Crippen molar-refractivity contribution in [1.82, 2.24) is 20.0 Å². The van der Waals surface area contributed by atoms with E-state index in [9.17, 15) is 4.79 Å². The molecule has 0 saturated carbocycles. The molecule has 2 aliphatic heterocycles. The minimum atomic E-state index is 0.159. The van der Waals surface area contributed by atoms with E-state index in [-0.39, 0.29) is 23.9 Å². The van der Waals surface area contributed by atoms with Gasteiger partial charge in [0.2, 0.25) is 17.6 Å². The lowest BCUT2D eigenvalue weighted by atomic mass is 9.90. The minimum absolute atomic E-state index is 0.159. The number of carbonyl (C=O) groups excluding carboxylic acids is 1. The Hall–Kier alpha value is -2.73. The van der Waals surface area contributed by atoms with Crippen LogP contribution in [0, 0.1) is 0 Å². The molecule has 2 aromatic heterocycles. The van der Waals surface area contributed by atoms with Crippen LogP contribution in [-0.4, -0.2) is 38.0 Å². The summed E-state index contributed by atoms with van der Waals surface area (Å²) in [5, 5.41) is 4.79. The van der Waals surface area contributed by atoms with Gasteiger partial charge in [0.1, 0.15) is 0 Å². The third-order valence-corrected chi connectivity index (χ3v) is 6.42. The van der Waals surface area contributed by atoms with Crippen LogP contribution >= 0.6 is 11.6 Å². The number of aromatic nitrogens is 3. The number of nitrogens with zero attached hydrogens (tertiary/aromatic N) is 4. The Morgan fingerprint density at radius 1 is 1.10 bits per heavy atom. The van der Waals surface area contributed by atoms with Crippen molar-refractivity contribution in [1.29, 1.82) is 0 Å². The second-order valence-corrected chi connectivity index (χ2v) is 8.22. The number of hydrogen-bond donors (Lipinski definition) is 0. The Morgan fingerprint density at radius 2 is 1.83 bits per heavy atom. The Bertz CT molecular complexity index is 1010. The van der Waals surface area contributed by atoms with Gasteiger partial charge in [-0.3, -0.25) is 9.78 Å². The van der Waals surface area contributed by atoms with E-state index in [1.54, 1.807) is 12.4 Å². The smallest absolute Gasteiger partial charge is 0.230 e. The van der Waals surface area contributed by atoms with Crippen molar-refractivity contribution in [3.63, 3.8) is 0 Å². The van der Waals surface area contributed by atoms with Gasteiger partial charge in [-0.1, -0.05) is 35.0 Å². The van der Waals surface area contributed by atoms with E-state index in [1.165, 1.54) is 0 Å². The van der Waals surface area contributed by atoms with Crippen molar-refractivity contribution in [3.05, 3.63) is 65.3 Å². The van der Waals surface area contributed by atoms with Gasteiger partial charge in [0.15, 0.2) is 0 Å². The number of benzene rings is 1. The summed E-state index contributed by atoms with van der Waals surface area (Å²) in [5.74, 6) is 1.62. The Kier molecular flexibility index (Phi) is 4.79. The molecule has 29 heavy (non-hydrogen) atoms.